The Kier molecular flexibility index (Phi) is 6.68. The number of guanidine groups is 1. The summed E-state index contributed by atoms with van der Waals surface area (Å²) in [4.78, 5) is 33.3. The molecular formula is C26H26FN5O4. The maximum absolute atomic E-state index is 13.7. The van der Waals surface area contributed by atoms with Gasteiger partial charge in [-0.1, -0.05) is 18.2 Å². The summed E-state index contributed by atoms with van der Waals surface area (Å²) < 4.78 is 19.2. The fourth-order valence-corrected chi connectivity index (χ4v) is 4.46. The van der Waals surface area contributed by atoms with E-state index in [1.54, 1.807) is 22.5 Å². The van der Waals surface area contributed by atoms with Crippen LogP contribution in [0.1, 0.15) is 16.7 Å². The van der Waals surface area contributed by atoms with Gasteiger partial charge in [0.1, 0.15) is 11.6 Å². The van der Waals surface area contributed by atoms with Crippen molar-refractivity contribution in [3.8, 4) is 5.75 Å². The highest BCUT2D eigenvalue weighted by Crippen LogP contribution is 2.29. The van der Waals surface area contributed by atoms with Crippen molar-refractivity contribution in [1.29, 1.82) is 0 Å². The number of piperazine rings is 1. The van der Waals surface area contributed by atoms with Crippen LogP contribution >= 0.6 is 0 Å². The number of amides is 2. The fraction of sp³-hybridized carbons (Fsp3) is 0.269. The Labute approximate surface area is 207 Å². The summed E-state index contributed by atoms with van der Waals surface area (Å²) in [6, 6.07) is 11.8. The first-order chi connectivity index (χ1) is 17.5. The number of rotatable bonds is 4. The SMILES string of the molecule is O=C(NO)C1=CN=C(N2CCN(C(=O)/C(=C/c3ccc4c(c3)CCO4)c3ccc(F)cc3)CC2)NC1. The third kappa shape index (κ3) is 4.94. The van der Waals surface area contributed by atoms with Gasteiger partial charge in [-0.25, -0.2) is 14.9 Å². The van der Waals surface area contributed by atoms with Gasteiger partial charge >= 0.3 is 0 Å². The first-order valence-corrected chi connectivity index (χ1v) is 11.7. The standard InChI is InChI=1S/C26H26FN5O4/c27-21-4-2-18(3-5-21)22(14-17-1-6-23-19(13-17)7-12-36-23)25(34)31-8-10-32(11-9-31)26-28-15-20(16-29-26)24(33)30-35/h1-6,13-15,35H,7-12,16H2,(H,28,29)(H,30,33)/b22-14+. The molecule has 2 amide bonds. The summed E-state index contributed by atoms with van der Waals surface area (Å²) in [6.07, 6.45) is 4.11. The molecule has 0 spiro atoms. The normalized spacial score (nSPS) is 17.4. The van der Waals surface area contributed by atoms with Crippen molar-refractivity contribution in [1.82, 2.24) is 20.6 Å². The van der Waals surface area contributed by atoms with Crippen LogP contribution in [0.4, 0.5) is 4.39 Å². The number of aliphatic imine (C=N–C) groups is 1. The van der Waals surface area contributed by atoms with E-state index in [4.69, 9.17) is 9.94 Å². The Hall–Kier alpha value is -4.18. The Bertz CT molecular complexity index is 1260. The van der Waals surface area contributed by atoms with Crippen LogP contribution in [0.3, 0.4) is 0 Å². The second kappa shape index (κ2) is 10.2. The van der Waals surface area contributed by atoms with E-state index in [0.29, 0.717) is 55.5 Å². The average Bonchev–Trinajstić information content (AvgIpc) is 3.40. The van der Waals surface area contributed by atoms with Crippen molar-refractivity contribution >= 4 is 29.4 Å². The lowest BCUT2D eigenvalue weighted by Crippen LogP contribution is -2.54. The number of hydrogen-bond acceptors (Lipinski definition) is 7. The van der Waals surface area contributed by atoms with E-state index >= 15 is 0 Å². The smallest absolute Gasteiger partial charge is 0.273 e. The van der Waals surface area contributed by atoms with Crippen LogP contribution in [-0.4, -0.2) is 72.1 Å². The van der Waals surface area contributed by atoms with Gasteiger partial charge in [0.05, 0.1) is 12.2 Å². The van der Waals surface area contributed by atoms with Gasteiger partial charge in [-0.2, -0.15) is 0 Å². The number of ether oxygens (including phenoxy) is 1. The molecule has 0 atom stereocenters. The van der Waals surface area contributed by atoms with Crippen LogP contribution in [0.2, 0.25) is 0 Å². The van der Waals surface area contributed by atoms with Gasteiger partial charge in [0, 0.05) is 50.9 Å². The number of fused-ring (bicyclic) bond motifs is 1. The van der Waals surface area contributed by atoms with E-state index in [0.717, 1.165) is 23.3 Å². The highest BCUT2D eigenvalue weighted by molar-refractivity contribution is 6.24. The van der Waals surface area contributed by atoms with E-state index < -0.39 is 5.91 Å². The highest BCUT2D eigenvalue weighted by atomic mass is 19.1. The molecule has 10 heteroatoms. The van der Waals surface area contributed by atoms with Gasteiger partial charge in [0.2, 0.25) is 0 Å². The molecule has 1 saturated heterocycles. The van der Waals surface area contributed by atoms with Crippen molar-refractivity contribution in [2.75, 3.05) is 39.3 Å². The molecule has 3 aliphatic heterocycles. The van der Waals surface area contributed by atoms with Gasteiger partial charge in [-0.3, -0.25) is 14.8 Å². The highest BCUT2D eigenvalue weighted by Gasteiger charge is 2.27. The Morgan fingerprint density at radius 3 is 2.58 bits per heavy atom. The largest absolute Gasteiger partial charge is 0.493 e. The van der Waals surface area contributed by atoms with E-state index in [2.05, 4.69) is 10.3 Å². The summed E-state index contributed by atoms with van der Waals surface area (Å²) in [5.41, 5.74) is 5.07. The minimum absolute atomic E-state index is 0.127. The molecule has 36 heavy (non-hydrogen) atoms. The molecule has 2 aromatic carbocycles. The maximum Gasteiger partial charge on any atom is 0.273 e. The minimum atomic E-state index is -0.600. The van der Waals surface area contributed by atoms with E-state index in [-0.39, 0.29) is 18.3 Å². The predicted octanol–water partition coefficient (Wildman–Crippen LogP) is 1.79. The summed E-state index contributed by atoms with van der Waals surface area (Å²) >= 11 is 0. The third-order valence-electron chi connectivity index (χ3n) is 6.45. The molecule has 9 nitrogen and oxygen atoms in total. The molecule has 1 fully saturated rings. The summed E-state index contributed by atoms with van der Waals surface area (Å²) in [5, 5.41) is 11.8. The van der Waals surface area contributed by atoms with Gasteiger partial charge in [-0.15, -0.1) is 0 Å². The monoisotopic (exact) mass is 491 g/mol. The van der Waals surface area contributed by atoms with Crippen LogP contribution < -0.4 is 15.5 Å². The molecule has 3 N–H and O–H groups in total. The quantitative estimate of drug-likeness (QED) is 0.261. The number of hydroxylamine groups is 1. The third-order valence-corrected chi connectivity index (χ3v) is 6.45. The van der Waals surface area contributed by atoms with Gasteiger partial charge in [0.15, 0.2) is 5.96 Å². The number of carbonyl (C=O) groups excluding carboxylic acids is 2. The molecule has 0 aliphatic carbocycles. The van der Waals surface area contributed by atoms with Crippen molar-refractivity contribution < 1.29 is 23.9 Å². The number of hydrogen-bond donors (Lipinski definition) is 3. The van der Waals surface area contributed by atoms with E-state index in [1.165, 1.54) is 18.3 Å². The number of nitrogens with one attached hydrogen (secondary N) is 2. The molecule has 186 valence electrons. The molecule has 2 aromatic rings. The van der Waals surface area contributed by atoms with E-state index in [1.807, 2.05) is 29.2 Å². The second-order valence-electron chi connectivity index (χ2n) is 8.71. The lowest BCUT2D eigenvalue weighted by atomic mass is 9.99. The fourth-order valence-electron chi connectivity index (χ4n) is 4.46. The van der Waals surface area contributed by atoms with E-state index in [9.17, 15) is 14.0 Å². The average molecular weight is 492 g/mol. The molecular weight excluding hydrogens is 465 g/mol. The maximum atomic E-state index is 13.7. The predicted molar refractivity (Wildman–Crippen MR) is 132 cm³/mol. The number of carbonyl (C=O) groups is 2. The van der Waals surface area contributed by atoms with Crippen LogP contribution in [0.15, 0.2) is 59.2 Å². The van der Waals surface area contributed by atoms with Gasteiger partial charge in [-0.05, 0) is 47.0 Å². The zero-order valence-electron chi connectivity index (χ0n) is 19.5. The Morgan fingerprint density at radius 2 is 1.89 bits per heavy atom. The second-order valence-corrected chi connectivity index (χ2v) is 8.71. The number of halogens is 1. The molecule has 0 unspecified atom stereocenters. The zero-order chi connectivity index (χ0) is 25.1. The molecule has 0 bridgehead atoms. The van der Waals surface area contributed by atoms with Gasteiger partial charge in [0.25, 0.3) is 11.8 Å². The molecule has 5 rings (SSSR count). The van der Waals surface area contributed by atoms with Crippen LogP contribution in [0, 0.1) is 5.82 Å². The van der Waals surface area contributed by atoms with Crippen LogP contribution in [-0.2, 0) is 16.0 Å². The molecule has 0 saturated carbocycles. The van der Waals surface area contributed by atoms with Crippen molar-refractivity contribution in [2.24, 2.45) is 4.99 Å². The lowest BCUT2D eigenvalue weighted by Gasteiger charge is -2.37. The van der Waals surface area contributed by atoms with Crippen LogP contribution in [0.25, 0.3) is 11.6 Å². The minimum Gasteiger partial charge on any atom is -0.493 e. The molecule has 0 radical (unpaired) electrons. The Balaban J connectivity index is 1.33. The number of nitrogens with zero attached hydrogens (tertiary/aromatic N) is 3. The molecule has 3 aliphatic rings. The lowest BCUT2D eigenvalue weighted by molar-refractivity contribution is -0.126. The van der Waals surface area contributed by atoms with Crippen molar-refractivity contribution in [2.45, 2.75) is 6.42 Å². The van der Waals surface area contributed by atoms with Crippen molar-refractivity contribution in [3.63, 3.8) is 0 Å². The van der Waals surface area contributed by atoms with Gasteiger partial charge < -0.3 is 19.9 Å². The van der Waals surface area contributed by atoms with Crippen LogP contribution in [0.5, 0.6) is 5.75 Å². The number of benzene rings is 2. The summed E-state index contributed by atoms with van der Waals surface area (Å²) in [6.45, 7) is 2.96. The Morgan fingerprint density at radius 1 is 1.11 bits per heavy atom. The zero-order valence-corrected chi connectivity index (χ0v) is 19.5. The first kappa shape index (κ1) is 23.6. The first-order valence-electron chi connectivity index (χ1n) is 11.7. The molecule has 0 aromatic heterocycles. The molecule has 3 heterocycles. The topological polar surface area (TPSA) is 106 Å². The summed E-state index contributed by atoms with van der Waals surface area (Å²) in [7, 11) is 0. The van der Waals surface area contributed by atoms with Crippen molar-refractivity contribution in [3.05, 3.63) is 76.7 Å². The summed E-state index contributed by atoms with van der Waals surface area (Å²) in [5.74, 6) is 0.403.